The van der Waals surface area contributed by atoms with Gasteiger partial charge in [-0.1, -0.05) is 0 Å². The number of ketones is 1. The Morgan fingerprint density at radius 3 is 2.87 bits per heavy atom. The molecule has 5 nitrogen and oxygen atoms in total. The number of Topliss-reactive ketones (excluding diaryl/α,β-unsaturated/α-hetero) is 1. The van der Waals surface area contributed by atoms with E-state index in [0.717, 1.165) is 0 Å². The minimum atomic E-state index is -0.530. The first-order valence-electron chi connectivity index (χ1n) is 4.21. The molecule has 0 atom stereocenters. The Kier molecular flexibility index (Phi) is 3.13. The number of nitrogens with one attached hydrogen (secondary N) is 1. The van der Waals surface area contributed by atoms with Crippen molar-refractivity contribution < 1.29 is 9.59 Å². The van der Waals surface area contributed by atoms with Crippen molar-refractivity contribution in [2.45, 2.75) is 13.3 Å². The molecule has 1 rings (SSSR count). The molecule has 0 unspecified atom stereocenters. The number of aldehydes is 1. The topological polar surface area (TPSA) is 90.8 Å². The predicted molar refractivity (Wildman–Crippen MR) is 51.5 cm³/mol. The van der Waals surface area contributed by atoms with E-state index in [9.17, 15) is 14.4 Å². The Hall–Kier alpha value is -2.22. The zero-order valence-corrected chi connectivity index (χ0v) is 8.03. The van der Waals surface area contributed by atoms with Crippen molar-refractivity contribution in [2.75, 3.05) is 0 Å². The molecular weight excluding hydrogens is 196 g/mol. The summed E-state index contributed by atoms with van der Waals surface area (Å²) in [6.07, 6.45) is 0.233. The van der Waals surface area contributed by atoms with Crippen molar-refractivity contribution in [2.24, 2.45) is 0 Å². The van der Waals surface area contributed by atoms with E-state index in [1.165, 1.54) is 6.07 Å². The fourth-order valence-electron chi connectivity index (χ4n) is 1.18. The number of rotatable bonds is 3. The number of pyridine rings is 1. The second-order valence-electron chi connectivity index (χ2n) is 2.96. The molecule has 0 saturated heterocycles. The lowest BCUT2D eigenvalue weighted by atomic mass is 10.1. The Labute approximate surface area is 85.4 Å². The number of hydrogen-bond acceptors (Lipinski definition) is 4. The molecule has 0 bridgehead atoms. The minimum Gasteiger partial charge on any atom is -0.325 e. The van der Waals surface area contributed by atoms with Crippen LogP contribution in [0.5, 0.6) is 0 Å². The van der Waals surface area contributed by atoms with Crippen molar-refractivity contribution in [3.8, 4) is 6.07 Å². The van der Waals surface area contributed by atoms with E-state index in [-0.39, 0.29) is 17.5 Å². The molecule has 1 heterocycles. The van der Waals surface area contributed by atoms with Gasteiger partial charge >= 0.3 is 0 Å². The largest absolute Gasteiger partial charge is 0.325 e. The van der Waals surface area contributed by atoms with Crippen LogP contribution in [0.15, 0.2) is 10.9 Å². The SMILES string of the molecule is Cc1[nH]c(=O)c(C#N)cc1C(=O)CC=O. The summed E-state index contributed by atoms with van der Waals surface area (Å²) in [7, 11) is 0. The van der Waals surface area contributed by atoms with E-state index in [2.05, 4.69) is 4.98 Å². The summed E-state index contributed by atoms with van der Waals surface area (Å²) in [5.74, 6) is -0.407. The third-order valence-corrected chi connectivity index (χ3v) is 1.93. The molecule has 1 aromatic rings. The summed E-state index contributed by atoms with van der Waals surface area (Å²) < 4.78 is 0. The number of carbonyl (C=O) groups excluding carboxylic acids is 2. The summed E-state index contributed by atoms with van der Waals surface area (Å²) in [5, 5.41) is 8.59. The molecule has 5 heteroatoms. The van der Waals surface area contributed by atoms with E-state index < -0.39 is 11.3 Å². The van der Waals surface area contributed by atoms with Gasteiger partial charge in [0.15, 0.2) is 5.78 Å². The molecule has 1 N–H and O–H groups in total. The fourth-order valence-corrected chi connectivity index (χ4v) is 1.18. The van der Waals surface area contributed by atoms with Crippen LogP contribution in [0, 0.1) is 18.3 Å². The predicted octanol–water partition coefficient (Wildman–Crippen LogP) is 0.327. The maximum absolute atomic E-state index is 11.4. The van der Waals surface area contributed by atoms with Crippen LogP contribution in [0.2, 0.25) is 0 Å². The monoisotopic (exact) mass is 204 g/mol. The Balaban J connectivity index is 3.32. The van der Waals surface area contributed by atoms with E-state index in [4.69, 9.17) is 5.26 Å². The minimum absolute atomic E-state index is 0.130. The van der Waals surface area contributed by atoms with E-state index in [0.29, 0.717) is 12.0 Å². The molecule has 0 aromatic carbocycles. The second kappa shape index (κ2) is 4.33. The van der Waals surface area contributed by atoms with Crippen molar-refractivity contribution >= 4 is 12.1 Å². The van der Waals surface area contributed by atoms with Gasteiger partial charge in [-0.2, -0.15) is 5.26 Å². The summed E-state index contributed by atoms with van der Waals surface area (Å²) in [4.78, 5) is 35.1. The fraction of sp³-hybridized carbons (Fsp3) is 0.200. The molecular formula is C10H8N2O3. The third-order valence-electron chi connectivity index (χ3n) is 1.93. The number of hydrogen-bond donors (Lipinski definition) is 1. The van der Waals surface area contributed by atoms with Crippen LogP contribution in [0.3, 0.4) is 0 Å². The van der Waals surface area contributed by atoms with Crippen LogP contribution in [-0.2, 0) is 4.79 Å². The normalized spacial score (nSPS) is 9.33. The number of carbonyl (C=O) groups is 2. The number of nitrogens with zero attached hydrogens (tertiary/aromatic N) is 1. The highest BCUT2D eigenvalue weighted by Gasteiger charge is 2.11. The molecule has 76 valence electrons. The van der Waals surface area contributed by atoms with Crippen LogP contribution in [0.1, 0.15) is 28.0 Å². The quantitative estimate of drug-likeness (QED) is 0.436. The first-order chi connectivity index (χ1) is 7.10. The summed E-state index contributed by atoms with van der Waals surface area (Å²) >= 11 is 0. The Bertz CT molecular complexity index is 508. The summed E-state index contributed by atoms with van der Waals surface area (Å²) in [6.45, 7) is 1.54. The highest BCUT2D eigenvalue weighted by molar-refractivity contribution is 6.03. The van der Waals surface area contributed by atoms with Gasteiger partial charge in [-0.3, -0.25) is 9.59 Å². The zero-order valence-electron chi connectivity index (χ0n) is 8.03. The van der Waals surface area contributed by atoms with Gasteiger partial charge in [0.1, 0.15) is 17.9 Å². The van der Waals surface area contributed by atoms with Gasteiger partial charge in [-0.25, -0.2) is 0 Å². The Morgan fingerprint density at radius 2 is 2.33 bits per heavy atom. The second-order valence-corrected chi connectivity index (χ2v) is 2.96. The van der Waals surface area contributed by atoms with Gasteiger partial charge in [0.25, 0.3) is 5.56 Å². The lowest BCUT2D eigenvalue weighted by Crippen LogP contribution is -2.15. The van der Waals surface area contributed by atoms with Crippen LogP contribution in [0.4, 0.5) is 0 Å². The lowest BCUT2D eigenvalue weighted by molar-refractivity contribution is -0.107. The molecule has 0 aliphatic rings. The van der Waals surface area contributed by atoms with E-state index >= 15 is 0 Å². The van der Waals surface area contributed by atoms with Gasteiger partial charge in [-0.15, -0.1) is 0 Å². The molecule has 1 aromatic heterocycles. The highest BCUT2D eigenvalue weighted by Crippen LogP contribution is 2.06. The van der Waals surface area contributed by atoms with Gasteiger partial charge in [0.05, 0.1) is 6.42 Å². The molecule has 0 aliphatic carbocycles. The molecule has 0 fully saturated rings. The van der Waals surface area contributed by atoms with Crippen LogP contribution >= 0.6 is 0 Å². The zero-order chi connectivity index (χ0) is 11.4. The number of H-pyrrole nitrogens is 1. The smallest absolute Gasteiger partial charge is 0.266 e. The molecule has 0 saturated carbocycles. The molecule has 0 amide bonds. The van der Waals surface area contributed by atoms with Gasteiger partial charge < -0.3 is 9.78 Å². The van der Waals surface area contributed by atoms with Crippen molar-refractivity contribution in [3.63, 3.8) is 0 Å². The molecule has 0 spiro atoms. The first kappa shape index (κ1) is 10.9. The number of aromatic nitrogens is 1. The average molecular weight is 204 g/mol. The number of aryl methyl sites for hydroxylation is 1. The molecule has 0 aliphatic heterocycles. The highest BCUT2D eigenvalue weighted by atomic mass is 16.1. The van der Waals surface area contributed by atoms with Crippen molar-refractivity contribution in [1.29, 1.82) is 5.26 Å². The number of aromatic amines is 1. The molecule has 0 radical (unpaired) electrons. The Morgan fingerprint density at radius 1 is 1.67 bits per heavy atom. The van der Waals surface area contributed by atoms with Gasteiger partial charge in [0.2, 0.25) is 0 Å². The van der Waals surface area contributed by atoms with Crippen molar-refractivity contribution in [3.05, 3.63) is 33.2 Å². The standard InChI is InChI=1S/C10H8N2O3/c1-6-8(9(14)2-3-13)4-7(5-11)10(15)12-6/h3-4H,2H2,1H3,(H,12,15). The van der Waals surface area contributed by atoms with Crippen LogP contribution in [0.25, 0.3) is 0 Å². The third kappa shape index (κ3) is 2.17. The van der Waals surface area contributed by atoms with Crippen molar-refractivity contribution in [1.82, 2.24) is 4.98 Å². The summed E-state index contributed by atoms with van der Waals surface area (Å²) in [6, 6.07) is 2.88. The van der Waals surface area contributed by atoms with E-state index in [1.54, 1.807) is 13.0 Å². The maximum atomic E-state index is 11.4. The van der Waals surface area contributed by atoms with E-state index in [1.807, 2.05) is 0 Å². The molecule has 15 heavy (non-hydrogen) atoms. The van der Waals surface area contributed by atoms with Gasteiger partial charge in [-0.05, 0) is 13.0 Å². The lowest BCUT2D eigenvalue weighted by Gasteiger charge is -2.02. The van der Waals surface area contributed by atoms with Crippen LogP contribution < -0.4 is 5.56 Å². The summed E-state index contributed by atoms with van der Waals surface area (Å²) in [5.41, 5.74) is -0.0865. The number of nitriles is 1. The maximum Gasteiger partial charge on any atom is 0.266 e. The first-order valence-corrected chi connectivity index (χ1v) is 4.21. The van der Waals surface area contributed by atoms with Gasteiger partial charge in [0, 0.05) is 11.3 Å². The average Bonchev–Trinajstić information content (AvgIpc) is 2.18. The van der Waals surface area contributed by atoms with Crippen LogP contribution in [-0.4, -0.2) is 17.1 Å².